The van der Waals surface area contributed by atoms with Crippen LogP contribution in [0.15, 0.2) is 24.3 Å². The second kappa shape index (κ2) is 6.32. The maximum atomic E-state index is 12.1. The van der Waals surface area contributed by atoms with Gasteiger partial charge in [-0.1, -0.05) is 44.0 Å². The predicted octanol–water partition coefficient (Wildman–Crippen LogP) is 3.06. The number of hydrogen-bond donors (Lipinski definition) is 1. The molecule has 2 aromatic rings. The van der Waals surface area contributed by atoms with Crippen molar-refractivity contribution in [2.24, 2.45) is 0 Å². The maximum Gasteiger partial charge on any atom is 0.250 e. The van der Waals surface area contributed by atoms with Gasteiger partial charge in [-0.15, -0.1) is 5.10 Å². The van der Waals surface area contributed by atoms with Crippen LogP contribution in [-0.2, 0) is 0 Å². The Kier molecular flexibility index (Phi) is 4.50. The predicted molar refractivity (Wildman–Crippen MR) is 79.4 cm³/mol. The molecular formula is C15H20N4O. The number of benzene rings is 1. The molecule has 5 heteroatoms. The number of nitrogens with zero attached hydrogens (tertiary/aromatic N) is 3. The molecule has 0 saturated heterocycles. The van der Waals surface area contributed by atoms with E-state index in [1.807, 2.05) is 31.2 Å². The lowest BCUT2D eigenvalue weighted by atomic mass is 10.1. The zero-order chi connectivity index (χ0) is 14.5. The number of carbonyl (C=O) groups excluding carboxylic acids is 1. The Morgan fingerprint density at radius 3 is 2.75 bits per heavy atom. The minimum Gasteiger partial charge on any atom is -0.368 e. The summed E-state index contributed by atoms with van der Waals surface area (Å²) in [5, 5.41) is 4.25. The summed E-state index contributed by atoms with van der Waals surface area (Å²) in [7, 11) is 0. The Morgan fingerprint density at radius 2 is 2.05 bits per heavy atom. The van der Waals surface area contributed by atoms with Gasteiger partial charge in [-0.2, -0.15) is 9.67 Å². The lowest BCUT2D eigenvalue weighted by molar-refractivity contribution is 0.0886. The van der Waals surface area contributed by atoms with Gasteiger partial charge in [-0.25, -0.2) is 0 Å². The standard InChI is InChI=1S/C15H20N4O/c1-3-4-5-10-13(20)19-15(16)17-14(18-19)12-9-7-6-8-11(12)2/h6-9H,3-5,10H2,1-2H3,(H2,16,17,18). The van der Waals surface area contributed by atoms with Crippen LogP contribution in [-0.4, -0.2) is 20.7 Å². The van der Waals surface area contributed by atoms with E-state index in [4.69, 9.17) is 5.73 Å². The van der Waals surface area contributed by atoms with Gasteiger partial charge in [0, 0.05) is 12.0 Å². The van der Waals surface area contributed by atoms with Crippen molar-refractivity contribution in [2.45, 2.75) is 39.5 Å². The maximum absolute atomic E-state index is 12.1. The van der Waals surface area contributed by atoms with Crippen LogP contribution in [0.2, 0.25) is 0 Å². The summed E-state index contributed by atoms with van der Waals surface area (Å²) in [6, 6.07) is 7.78. The molecule has 0 aliphatic carbocycles. The summed E-state index contributed by atoms with van der Waals surface area (Å²) in [6.07, 6.45) is 3.42. The second-order valence-electron chi connectivity index (χ2n) is 4.87. The summed E-state index contributed by atoms with van der Waals surface area (Å²) in [5.41, 5.74) is 7.76. The molecule has 20 heavy (non-hydrogen) atoms. The van der Waals surface area contributed by atoms with Gasteiger partial charge in [0.15, 0.2) is 5.82 Å². The van der Waals surface area contributed by atoms with E-state index in [1.54, 1.807) is 0 Å². The molecule has 1 aromatic heterocycles. The average Bonchev–Trinajstić information content (AvgIpc) is 2.81. The van der Waals surface area contributed by atoms with Gasteiger partial charge in [0.1, 0.15) is 0 Å². The summed E-state index contributed by atoms with van der Waals surface area (Å²) in [6.45, 7) is 4.08. The van der Waals surface area contributed by atoms with Gasteiger partial charge in [0.2, 0.25) is 11.9 Å². The number of aromatic nitrogens is 3. The van der Waals surface area contributed by atoms with Crippen LogP contribution in [0, 0.1) is 6.92 Å². The zero-order valence-electron chi connectivity index (χ0n) is 12.0. The van der Waals surface area contributed by atoms with E-state index < -0.39 is 0 Å². The van der Waals surface area contributed by atoms with E-state index in [-0.39, 0.29) is 11.9 Å². The molecule has 2 N–H and O–H groups in total. The number of nitrogens with two attached hydrogens (primary N) is 1. The first-order valence-corrected chi connectivity index (χ1v) is 6.95. The molecule has 0 bridgehead atoms. The monoisotopic (exact) mass is 272 g/mol. The molecule has 0 unspecified atom stereocenters. The molecule has 0 saturated carbocycles. The van der Waals surface area contributed by atoms with Crippen LogP contribution in [0.5, 0.6) is 0 Å². The molecule has 0 aliphatic rings. The number of rotatable bonds is 5. The third kappa shape index (κ3) is 3.04. The zero-order valence-corrected chi connectivity index (χ0v) is 12.0. The lowest BCUT2D eigenvalue weighted by Crippen LogP contribution is -2.15. The molecule has 2 rings (SSSR count). The summed E-state index contributed by atoms with van der Waals surface area (Å²) in [4.78, 5) is 16.3. The topological polar surface area (TPSA) is 73.8 Å². The van der Waals surface area contributed by atoms with Crippen molar-refractivity contribution in [2.75, 3.05) is 5.73 Å². The third-order valence-electron chi connectivity index (χ3n) is 3.25. The lowest BCUT2D eigenvalue weighted by Gasteiger charge is -2.01. The van der Waals surface area contributed by atoms with Crippen molar-refractivity contribution in [3.8, 4) is 11.4 Å². The van der Waals surface area contributed by atoms with Crippen molar-refractivity contribution < 1.29 is 4.79 Å². The van der Waals surface area contributed by atoms with Crippen LogP contribution in [0.4, 0.5) is 5.95 Å². The SMILES string of the molecule is CCCCCC(=O)n1nc(-c2ccccc2C)nc1N. The number of aryl methyl sites for hydroxylation is 1. The largest absolute Gasteiger partial charge is 0.368 e. The number of anilines is 1. The van der Waals surface area contributed by atoms with Crippen molar-refractivity contribution >= 4 is 11.9 Å². The highest BCUT2D eigenvalue weighted by atomic mass is 16.2. The molecule has 0 aliphatic heterocycles. The molecule has 0 radical (unpaired) electrons. The smallest absolute Gasteiger partial charge is 0.250 e. The Morgan fingerprint density at radius 1 is 1.30 bits per heavy atom. The first-order valence-electron chi connectivity index (χ1n) is 6.95. The van der Waals surface area contributed by atoms with Crippen molar-refractivity contribution in [1.82, 2.24) is 14.8 Å². The third-order valence-corrected chi connectivity index (χ3v) is 3.25. The van der Waals surface area contributed by atoms with Crippen molar-refractivity contribution in [1.29, 1.82) is 0 Å². The Bertz CT molecular complexity index is 604. The van der Waals surface area contributed by atoms with Crippen LogP contribution in [0.1, 0.15) is 43.0 Å². The number of hydrogen-bond acceptors (Lipinski definition) is 4. The molecule has 106 valence electrons. The minimum atomic E-state index is -0.0942. The highest BCUT2D eigenvalue weighted by Gasteiger charge is 2.15. The average molecular weight is 272 g/mol. The van der Waals surface area contributed by atoms with Gasteiger partial charge in [-0.3, -0.25) is 4.79 Å². The summed E-state index contributed by atoms with van der Waals surface area (Å²) < 4.78 is 1.22. The Hall–Kier alpha value is -2.17. The fourth-order valence-corrected chi connectivity index (χ4v) is 2.08. The van der Waals surface area contributed by atoms with Gasteiger partial charge in [0.25, 0.3) is 0 Å². The molecule has 1 aromatic carbocycles. The van der Waals surface area contributed by atoms with Crippen LogP contribution in [0.3, 0.4) is 0 Å². The molecular weight excluding hydrogens is 252 g/mol. The minimum absolute atomic E-state index is 0.0942. The first kappa shape index (κ1) is 14.2. The van der Waals surface area contributed by atoms with Crippen molar-refractivity contribution in [3.05, 3.63) is 29.8 Å². The summed E-state index contributed by atoms with van der Waals surface area (Å²) >= 11 is 0. The Labute approximate surface area is 118 Å². The van der Waals surface area contributed by atoms with Crippen LogP contribution in [0.25, 0.3) is 11.4 Å². The number of carbonyl (C=O) groups is 1. The fourth-order valence-electron chi connectivity index (χ4n) is 2.08. The summed E-state index contributed by atoms with van der Waals surface area (Å²) in [5.74, 6) is 0.567. The van der Waals surface area contributed by atoms with E-state index in [0.717, 1.165) is 30.4 Å². The molecule has 0 spiro atoms. The molecule has 0 fully saturated rings. The highest BCUT2D eigenvalue weighted by molar-refractivity contribution is 5.81. The highest BCUT2D eigenvalue weighted by Crippen LogP contribution is 2.20. The Balaban J connectivity index is 2.22. The van der Waals surface area contributed by atoms with E-state index >= 15 is 0 Å². The molecule has 0 amide bonds. The number of unbranched alkanes of at least 4 members (excludes halogenated alkanes) is 2. The van der Waals surface area contributed by atoms with Gasteiger partial charge >= 0.3 is 0 Å². The molecule has 1 heterocycles. The van der Waals surface area contributed by atoms with E-state index in [1.165, 1.54) is 4.68 Å². The van der Waals surface area contributed by atoms with Gasteiger partial charge in [0.05, 0.1) is 0 Å². The van der Waals surface area contributed by atoms with Crippen LogP contribution < -0.4 is 5.73 Å². The normalized spacial score (nSPS) is 10.7. The first-order chi connectivity index (χ1) is 9.63. The van der Waals surface area contributed by atoms with E-state index in [2.05, 4.69) is 17.0 Å². The molecule has 5 nitrogen and oxygen atoms in total. The van der Waals surface area contributed by atoms with Gasteiger partial charge < -0.3 is 5.73 Å². The number of nitrogen functional groups attached to an aromatic ring is 1. The van der Waals surface area contributed by atoms with Crippen molar-refractivity contribution in [3.63, 3.8) is 0 Å². The molecule has 0 atom stereocenters. The van der Waals surface area contributed by atoms with E-state index in [0.29, 0.717) is 12.2 Å². The second-order valence-corrected chi connectivity index (χ2v) is 4.87. The van der Waals surface area contributed by atoms with Crippen LogP contribution >= 0.6 is 0 Å². The fraction of sp³-hybridized carbons (Fsp3) is 0.400. The van der Waals surface area contributed by atoms with Gasteiger partial charge in [-0.05, 0) is 18.9 Å². The quantitative estimate of drug-likeness (QED) is 0.849. The van der Waals surface area contributed by atoms with E-state index in [9.17, 15) is 4.79 Å².